The topological polar surface area (TPSA) is 72.0 Å². The Morgan fingerprint density at radius 2 is 2.12 bits per heavy atom. The van der Waals surface area contributed by atoms with Gasteiger partial charge in [0.2, 0.25) is 10.0 Å². The standard InChI is InChI=1S/C22H24FN3O4S2/c1-25(11-14-3-6-19-15(9-14)7-8-30-19)22-24-18-5-4-16(10-21(18)31-22)32(27,28)26-12-17(23)20(13-26)29-2/h3-6,9-10,17,20H,7-8,11-13H2,1-2H3/t17-,20-/m1/s1. The number of hydrogen-bond acceptors (Lipinski definition) is 7. The second-order valence-corrected chi connectivity index (χ2v) is 11.1. The van der Waals surface area contributed by atoms with Crippen molar-refractivity contribution in [3.05, 3.63) is 47.5 Å². The van der Waals surface area contributed by atoms with E-state index in [0.29, 0.717) is 6.54 Å². The Morgan fingerprint density at radius 3 is 2.91 bits per heavy atom. The van der Waals surface area contributed by atoms with Crippen LogP contribution in [0.5, 0.6) is 5.75 Å². The van der Waals surface area contributed by atoms with Crippen LogP contribution in [0.4, 0.5) is 9.52 Å². The number of anilines is 1. The van der Waals surface area contributed by atoms with Crippen molar-refractivity contribution in [1.29, 1.82) is 0 Å². The molecule has 1 fully saturated rings. The van der Waals surface area contributed by atoms with Crippen molar-refractivity contribution in [2.75, 3.05) is 38.8 Å². The summed E-state index contributed by atoms with van der Waals surface area (Å²) in [5, 5.41) is 0.802. The van der Waals surface area contributed by atoms with Crippen LogP contribution in [0.25, 0.3) is 10.2 Å². The molecule has 0 amide bonds. The van der Waals surface area contributed by atoms with Gasteiger partial charge in [0.05, 0.1) is 21.7 Å². The summed E-state index contributed by atoms with van der Waals surface area (Å²) in [4.78, 5) is 6.86. The maximum absolute atomic E-state index is 14.0. The van der Waals surface area contributed by atoms with Crippen LogP contribution in [-0.2, 0) is 27.7 Å². The molecule has 3 aromatic rings. The number of hydrogen-bond donors (Lipinski definition) is 0. The minimum Gasteiger partial charge on any atom is -0.493 e. The summed E-state index contributed by atoms with van der Waals surface area (Å²) in [5.41, 5.74) is 3.13. The summed E-state index contributed by atoms with van der Waals surface area (Å²) < 4.78 is 52.6. The summed E-state index contributed by atoms with van der Waals surface area (Å²) in [5.74, 6) is 0.957. The molecule has 5 rings (SSSR count). The van der Waals surface area contributed by atoms with Crippen LogP contribution >= 0.6 is 11.3 Å². The predicted molar refractivity (Wildman–Crippen MR) is 122 cm³/mol. The molecule has 7 nitrogen and oxygen atoms in total. The zero-order chi connectivity index (χ0) is 22.5. The molecular formula is C22H24FN3O4S2. The summed E-state index contributed by atoms with van der Waals surface area (Å²) in [6, 6.07) is 11.1. The Hall–Kier alpha value is -2.27. The maximum Gasteiger partial charge on any atom is 0.243 e. The molecule has 2 aliphatic heterocycles. The number of halogens is 1. The van der Waals surface area contributed by atoms with Crippen LogP contribution in [0.3, 0.4) is 0 Å². The first kappa shape index (κ1) is 21.6. The third-order valence-corrected chi connectivity index (χ3v) is 8.91. The van der Waals surface area contributed by atoms with E-state index >= 15 is 0 Å². The van der Waals surface area contributed by atoms with Crippen molar-refractivity contribution in [2.24, 2.45) is 0 Å². The summed E-state index contributed by atoms with van der Waals surface area (Å²) >= 11 is 1.44. The lowest BCUT2D eigenvalue weighted by molar-refractivity contribution is 0.0637. The average molecular weight is 478 g/mol. The highest BCUT2D eigenvalue weighted by Gasteiger charge is 2.40. The fourth-order valence-corrected chi connectivity index (χ4v) is 6.69. The van der Waals surface area contributed by atoms with E-state index in [2.05, 4.69) is 17.1 Å². The molecule has 2 aliphatic rings. The number of thiazole rings is 1. The number of rotatable bonds is 6. The molecule has 2 aromatic carbocycles. The molecule has 0 N–H and O–H groups in total. The molecule has 1 aromatic heterocycles. The molecule has 0 spiro atoms. The van der Waals surface area contributed by atoms with Crippen molar-refractivity contribution in [2.45, 2.75) is 30.1 Å². The maximum atomic E-state index is 14.0. The van der Waals surface area contributed by atoms with Gasteiger partial charge in [-0.25, -0.2) is 17.8 Å². The van der Waals surface area contributed by atoms with Crippen LogP contribution < -0.4 is 9.64 Å². The molecular weight excluding hydrogens is 453 g/mol. The normalized spacial score (nSPS) is 21.1. The largest absolute Gasteiger partial charge is 0.493 e. The number of aromatic nitrogens is 1. The fraction of sp³-hybridized carbons (Fsp3) is 0.409. The smallest absolute Gasteiger partial charge is 0.243 e. The van der Waals surface area contributed by atoms with E-state index in [-0.39, 0.29) is 18.0 Å². The highest BCUT2D eigenvalue weighted by atomic mass is 32.2. The van der Waals surface area contributed by atoms with Crippen molar-refractivity contribution < 1.29 is 22.3 Å². The molecule has 32 heavy (non-hydrogen) atoms. The van der Waals surface area contributed by atoms with Crippen molar-refractivity contribution in [1.82, 2.24) is 9.29 Å². The van der Waals surface area contributed by atoms with Crippen molar-refractivity contribution >= 4 is 36.7 Å². The van der Waals surface area contributed by atoms with Gasteiger partial charge in [-0.15, -0.1) is 0 Å². The van der Waals surface area contributed by atoms with Crippen LogP contribution in [0.1, 0.15) is 11.1 Å². The number of benzene rings is 2. The monoisotopic (exact) mass is 477 g/mol. The molecule has 0 bridgehead atoms. The van der Waals surface area contributed by atoms with Crippen molar-refractivity contribution in [3.8, 4) is 5.75 Å². The molecule has 0 saturated carbocycles. The Labute approximate surface area is 190 Å². The zero-order valence-corrected chi connectivity index (χ0v) is 19.5. The van der Waals surface area contributed by atoms with Gasteiger partial charge >= 0.3 is 0 Å². The second-order valence-electron chi connectivity index (χ2n) is 8.13. The van der Waals surface area contributed by atoms with E-state index < -0.39 is 22.3 Å². The van der Waals surface area contributed by atoms with Gasteiger partial charge in [0, 0.05) is 40.2 Å². The predicted octanol–water partition coefficient (Wildman–Crippen LogP) is 3.23. The average Bonchev–Trinajstić information content (AvgIpc) is 3.50. The number of alkyl halides is 1. The first-order valence-electron chi connectivity index (χ1n) is 10.4. The molecule has 10 heteroatoms. The minimum atomic E-state index is -3.80. The van der Waals surface area contributed by atoms with Gasteiger partial charge in [0.1, 0.15) is 18.0 Å². The Kier molecular flexibility index (Phi) is 5.56. The van der Waals surface area contributed by atoms with E-state index in [1.165, 1.54) is 35.6 Å². The number of sulfonamides is 1. The molecule has 2 atom stereocenters. The van der Waals surface area contributed by atoms with Crippen LogP contribution in [0, 0.1) is 0 Å². The lowest BCUT2D eigenvalue weighted by atomic mass is 10.1. The molecule has 170 valence electrons. The van der Waals surface area contributed by atoms with Gasteiger partial charge in [-0.1, -0.05) is 23.5 Å². The Balaban J connectivity index is 1.37. The first-order valence-corrected chi connectivity index (χ1v) is 12.6. The minimum absolute atomic E-state index is 0.0144. The molecule has 0 aliphatic carbocycles. The van der Waals surface area contributed by atoms with Gasteiger partial charge in [-0.05, 0) is 35.4 Å². The third-order valence-electron chi connectivity index (χ3n) is 5.95. The zero-order valence-electron chi connectivity index (χ0n) is 17.8. The summed E-state index contributed by atoms with van der Waals surface area (Å²) in [7, 11) is -0.443. The van der Waals surface area contributed by atoms with Gasteiger partial charge in [-0.3, -0.25) is 0 Å². The number of ether oxygens (including phenoxy) is 2. The lowest BCUT2D eigenvalue weighted by Crippen LogP contribution is -2.30. The number of methoxy groups -OCH3 is 1. The van der Waals surface area contributed by atoms with Crippen LogP contribution in [0.15, 0.2) is 41.3 Å². The van der Waals surface area contributed by atoms with Gasteiger partial charge in [-0.2, -0.15) is 4.31 Å². The number of nitrogens with zero attached hydrogens (tertiary/aromatic N) is 3. The van der Waals surface area contributed by atoms with Gasteiger partial charge in [0.15, 0.2) is 5.13 Å². The first-order chi connectivity index (χ1) is 15.3. The Morgan fingerprint density at radius 1 is 1.28 bits per heavy atom. The fourth-order valence-electron chi connectivity index (χ4n) is 4.17. The van der Waals surface area contributed by atoms with E-state index in [9.17, 15) is 12.8 Å². The Bertz CT molecular complexity index is 1260. The van der Waals surface area contributed by atoms with Gasteiger partial charge < -0.3 is 14.4 Å². The third kappa shape index (κ3) is 3.85. The molecule has 3 heterocycles. The molecule has 0 unspecified atom stereocenters. The molecule has 1 saturated heterocycles. The lowest BCUT2D eigenvalue weighted by Gasteiger charge is -2.16. The number of fused-ring (bicyclic) bond motifs is 2. The molecule has 0 radical (unpaired) electrons. The van der Waals surface area contributed by atoms with E-state index in [1.54, 1.807) is 12.1 Å². The quantitative estimate of drug-likeness (QED) is 0.543. The van der Waals surface area contributed by atoms with E-state index in [4.69, 9.17) is 9.47 Å². The summed E-state index contributed by atoms with van der Waals surface area (Å²) in [6.45, 7) is 1.23. The van der Waals surface area contributed by atoms with Crippen molar-refractivity contribution in [3.63, 3.8) is 0 Å². The summed E-state index contributed by atoms with van der Waals surface area (Å²) in [6.07, 6.45) is -1.13. The van der Waals surface area contributed by atoms with E-state index in [0.717, 1.165) is 38.4 Å². The van der Waals surface area contributed by atoms with E-state index in [1.807, 2.05) is 18.0 Å². The van der Waals surface area contributed by atoms with Gasteiger partial charge in [0.25, 0.3) is 0 Å². The highest BCUT2D eigenvalue weighted by Crippen LogP contribution is 2.33. The van der Waals surface area contributed by atoms with Crippen LogP contribution in [0.2, 0.25) is 0 Å². The second kappa shape index (κ2) is 8.26. The SMILES string of the molecule is CO[C@@H]1CN(S(=O)(=O)c2ccc3nc(N(C)Cc4ccc5c(c4)CCO5)sc3c2)C[C@H]1F. The van der Waals surface area contributed by atoms with Crippen LogP contribution in [-0.4, -0.2) is 63.8 Å². The highest BCUT2D eigenvalue weighted by molar-refractivity contribution is 7.89.